The van der Waals surface area contributed by atoms with E-state index in [1.807, 2.05) is 19.1 Å². The van der Waals surface area contributed by atoms with Gasteiger partial charge in [0.05, 0.1) is 17.8 Å². The molecule has 0 fully saturated rings. The summed E-state index contributed by atoms with van der Waals surface area (Å²) in [5, 5.41) is 24.5. The van der Waals surface area contributed by atoms with Gasteiger partial charge in [-0.1, -0.05) is 23.7 Å². The quantitative estimate of drug-likeness (QED) is 0.655. The molecule has 0 saturated heterocycles. The van der Waals surface area contributed by atoms with Crippen molar-refractivity contribution < 1.29 is 4.74 Å². The third-order valence-electron chi connectivity index (χ3n) is 4.24. The van der Waals surface area contributed by atoms with Crippen molar-refractivity contribution in [2.24, 2.45) is 5.73 Å². The van der Waals surface area contributed by atoms with E-state index in [4.69, 9.17) is 22.1 Å². The summed E-state index contributed by atoms with van der Waals surface area (Å²) in [6.45, 7) is 1.88. The number of rotatable bonds is 2. The van der Waals surface area contributed by atoms with Crippen molar-refractivity contribution in [3.63, 3.8) is 0 Å². The smallest absolute Gasteiger partial charge is 0.244 e. The summed E-state index contributed by atoms with van der Waals surface area (Å²) in [5.74, 6) is 0.00828. The van der Waals surface area contributed by atoms with Gasteiger partial charge in [-0.15, -0.1) is 5.10 Å². The first-order valence-corrected chi connectivity index (χ1v) is 7.89. The Bertz CT molecular complexity index is 1020. The van der Waals surface area contributed by atoms with Crippen molar-refractivity contribution in [3.05, 3.63) is 63.8 Å². The van der Waals surface area contributed by atoms with Gasteiger partial charge in [0.15, 0.2) is 0 Å². The first-order valence-electron chi connectivity index (χ1n) is 7.51. The number of halogens is 1. The van der Waals surface area contributed by atoms with Crippen molar-refractivity contribution >= 4 is 11.6 Å². The number of nitrogens with one attached hydrogen (secondary N) is 2. The van der Waals surface area contributed by atoms with Crippen molar-refractivity contribution in [2.45, 2.75) is 12.8 Å². The summed E-state index contributed by atoms with van der Waals surface area (Å²) in [5.41, 5.74) is 10.4. The second-order valence-corrected chi connectivity index (χ2v) is 6.14. The molecule has 0 spiro atoms. The minimum absolute atomic E-state index is 0.0507. The number of benzene rings is 1. The van der Waals surface area contributed by atoms with E-state index in [1.54, 1.807) is 18.3 Å². The highest BCUT2D eigenvalue weighted by Gasteiger charge is 2.36. The molecule has 25 heavy (non-hydrogen) atoms. The summed E-state index contributed by atoms with van der Waals surface area (Å²) >= 11 is 5.98. The number of nitrogens with two attached hydrogens (primary N) is 1. The molecular weight excluding hydrogens is 340 g/mol. The Balaban J connectivity index is 1.93. The molecular formula is C17H13ClN6O. The van der Waals surface area contributed by atoms with E-state index in [-0.39, 0.29) is 5.88 Å². The first-order chi connectivity index (χ1) is 12.1. The number of ether oxygens (including phenoxy) is 1. The number of aryl methyl sites for hydroxylation is 1. The number of aromatic amines is 2. The van der Waals surface area contributed by atoms with Crippen LogP contribution >= 0.6 is 11.6 Å². The number of H-pyrrole nitrogens is 2. The van der Waals surface area contributed by atoms with E-state index in [0.717, 1.165) is 28.1 Å². The van der Waals surface area contributed by atoms with Crippen molar-refractivity contribution in [3.8, 4) is 23.2 Å². The lowest BCUT2D eigenvalue weighted by Gasteiger charge is -2.23. The third-order valence-corrected chi connectivity index (χ3v) is 4.49. The number of fused-ring (bicyclic) bond motifs is 1. The number of allylic oxidation sites excluding steroid dienone is 1. The van der Waals surface area contributed by atoms with Gasteiger partial charge in [0.1, 0.15) is 11.6 Å². The van der Waals surface area contributed by atoms with Crippen LogP contribution in [0.15, 0.2) is 41.9 Å². The molecule has 0 amide bonds. The lowest BCUT2D eigenvalue weighted by Crippen LogP contribution is -2.21. The lowest BCUT2D eigenvalue weighted by molar-refractivity contribution is 0.379. The molecule has 3 aromatic rings. The van der Waals surface area contributed by atoms with Crippen molar-refractivity contribution in [2.75, 3.05) is 0 Å². The zero-order chi connectivity index (χ0) is 17.6. The monoisotopic (exact) mass is 352 g/mol. The fourth-order valence-electron chi connectivity index (χ4n) is 3.07. The van der Waals surface area contributed by atoms with E-state index >= 15 is 0 Å². The van der Waals surface area contributed by atoms with E-state index < -0.39 is 5.92 Å². The Kier molecular flexibility index (Phi) is 3.48. The van der Waals surface area contributed by atoms with Gasteiger partial charge in [-0.05, 0) is 24.6 Å². The Labute approximate surface area is 148 Å². The maximum atomic E-state index is 9.64. The fraction of sp³-hybridized carbons (Fsp3) is 0.118. The molecule has 0 saturated carbocycles. The predicted octanol–water partition coefficient (Wildman–Crippen LogP) is 2.98. The molecule has 1 aliphatic heterocycles. The van der Waals surface area contributed by atoms with Gasteiger partial charge in [-0.2, -0.15) is 10.4 Å². The number of nitriles is 1. The van der Waals surface area contributed by atoms with Gasteiger partial charge in [0, 0.05) is 21.8 Å². The molecule has 1 atom stereocenters. The van der Waals surface area contributed by atoms with Crippen LogP contribution in [-0.2, 0) is 0 Å². The summed E-state index contributed by atoms with van der Waals surface area (Å²) in [4.78, 5) is 0. The van der Waals surface area contributed by atoms with Gasteiger partial charge in [-0.3, -0.25) is 10.2 Å². The van der Waals surface area contributed by atoms with Gasteiger partial charge < -0.3 is 10.5 Å². The van der Waals surface area contributed by atoms with Crippen molar-refractivity contribution in [1.82, 2.24) is 20.4 Å². The predicted molar refractivity (Wildman–Crippen MR) is 91.7 cm³/mol. The van der Waals surface area contributed by atoms with Crippen LogP contribution in [0.5, 0.6) is 5.88 Å². The average molecular weight is 353 g/mol. The summed E-state index contributed by atoms with van der Waals surface area (Å²) in [6.07, 6.45) is 1.70. The molecule has 2 aromatic heterocycles. The fourth-order valence-corrected chi connectivity index (χ4v) is 3.20. The van der Waals surface area contributed by atoms with Gasteiger partial charge >= 0.3 is 0 Å². The minimum atomic E-state index is -0.420. The zero-order valence-electron chi connectivity index (χ0n) is 13.2. The van der Waals surface area contributed by atoms with Crippen LogP contribution in [0.4, 0.5) is 0 Å². The van der Waals surface area contributed by atoms with Crippen LogP contribution in [0.25, 0.3) is 11.3 Å². The molecule has 4 rings (SSSR count). The van der Waals surface area contributed by atoms with Crippen LogP contribution in [-0.4, -0.2) is 20.4 Å². The largest absolute Gasteiger partial charge is 0.420 e. The molecule has 0 bridgehead atoms. The van der Waals surface area contributed by atoms with Crippen LogP contribution in [0.3, 0.4) is 0 Å². The summed E-state index contributed by atoms with van der Waals surface area (Å²) in [6, 6.07) is 9.54. The van der Waals surface area contributed by atoms with Crippen LogP contribution in [0, 0.1) is 18.3 Å². The Morgan fingerprint density at radius 2 is 2.04 bits per heavy atom. The van der Waals surface area contributed by atoms with Crippen LogP contribution in [0.1, 0.15) is 22.7 Å². The zero-order valence-corrected chi connectivity index (χ0v) is 13.9. The Hall–Kier alpha value is -3.24. The highest BCUT2D eigenvalue weighted by molar-refractivity contribution is 6.30. The molecule has 0 aliphatic carbocycles. The second kappa shape index (κ2) is 5.69. The topological polar surface area (TPSA) is 116 Å². The molecule has 0 radical (unpaired) electrons. The van der Waals surface area contributed by atoms with E-state index in [2.05, 4.69) is 26.5 Å². The molecule has 8 heteroatoms. The minimum Gasteiger partial charge on any atom is -0.420 e. The number of hydrogen-bond donors (Lipinski definition) is 3. The van der Waals surface area contributed by atoms with Gasteiger partial charge in [0.2, 0.25) is 11.8 Å². The van der Waals surface area contributed by atoms with E-state index in [0.29, 0.717) is 16.5 Å². The number of nitrogens with zero attached hydrogens (tertiary/aromatic N) is 3. The van der Waals surface area contributed by atoms with Crippen LogP contribution < -0.4 is 10.5 Å². The standard InChI is InChI=1S/C17H13ClN6O/c1-8-13-14(11(6-19)16(20)25-17(13)24-22-8)12-7-21-23-15(12)9-2-4-10(18)5-3-9/h2-5,7,14H,20H2,1H3,(H,21,23)(H,22,24). The molecule has 3 heterocycles. The molecule has 4 N–H and O–H groups in total. The highest BCUT2D eigenvalue weighted by atomic mass is 35.5. The molecule has 124 valence electrons. The maximum Gasteiger partial charge on any atom is 0.244 e. The van der Waals surface area contributed by atoms with E-state index in [9.17, 15) is 5.26 Å². The first kappa shape index (κ1) is 15.3. The summed E-state index contributed by atoms with van der Waals surface area (Å²) in [7, 11) is 0. The highest BCUT2D eigenvalue weighted by Crippen LogP contribution is 2.44. The lowest BCUT2D eigenvalue weighted by atomic mass is 9.83. The molecule has 1 aromatic carbocycles. The SMILES string of the molecule is Cc1[nH]nc2c1C(c1cn[nH]c1-c1ccc(Cl)cc1)C(C#N)=C(N)O2. The molecule has 7 nitrogen and oxygen atoms in total. The van der Waals surface area contributed by atoms with E-state index in [1.165, 1.54) is 0 Å². The summed E-state index contributed by atoms with van der Waals surface area (Å²) < 4.78 is 5.49. The third kappa shape index (κ3) is 2.35. The van der Waals surface area contributed by atoms with Crippen LogP contribution in [0.2, 0.25) is 5.02 Å². The normalized spacial score (nSPS) is 16.3. The second-order valence-electron chi connectivity index (χ2n) is 5.70. The molecule has 1 aliphatic rings. The van der Waals surface area contributed by atoms with Gasteiger partial charge in [-0.25, -0.2) is 0 Å². The maximum absolute atomic E-state index is 9.64. The number of aromatic nitrogens is 4. The van der Waals surface area contributed by atoms with Crippen molar-refractivity contribution in [1.29, 1.82) is 5.26 Å². The Morgan fingerprint density at radius 1 is 1.28 bits per heavy atom. The van der Waals surface area contributed by atoms with Gasteiger partial charge in [0.25, 0.3) is 0 Å². The Morgan fingerprint density at radius 3 is 2.76 bits per heavy atom. The average Bonchev–Trinajstić information content (AvgIpc) is 3.22. The number of hydrogen-bond acceptors (Lipinski definition) is 5. The molecule has 1 unspecified atom stereocenters.